The number of hydrogen-bond donors (Lipinski definition) is 1. The van der Waals surface area contributed by atoms with Crippen LogP contribution >= 0.6 is 0 Å². The number of rotatable bonds is 14. The van der Waals surface area contributed by atoms with Crippen molar-refractivity contribution < 1.29 is 14.3 Å². The predicted octanol–water partition coefficient (Wildman–Crippen LogP) is 7.24. The van der Waals surface area contributed by atoms with Crippen LogP contribution in [0.2, 0.25) is 0 Å². The van der Waals surface area contributed by atoms with Crippen molar-refractivity contribution in [2.24, 2.45) is 0 Å². The van der Waals surface area contributed by atoms with Gasteiger partial charge in [-0.2, -0.15) is 0 Å². The van der Waals surface area contributed by atoms with E-state index >= 15 is 0 Å². The van der Waals surface area contributed by atoms with E-state index in [1.807, 2.05) is 41.3 Å². The van der Waals surface area contributed by atoms with Crippen LogP contribution in [-0.2, 0) is 17.9 Å². The first-order chi connectivity index (χ1) is 24.2. The fraction of sp³-hybridized carbons (Fsp3) is 0.333. The minimum absolute atomic E-state index is 0.0656. The molecule has 1 unspecified atom stereocenters. The second kappa shape index (κ2) is 15.6. The summed E-state index contributed by atoms with van der Waals surface area (Å²) in [6.45, 7) is 6.36. The molecule has 0 spiro atoms. The number of hydrogen-bond acceptors (Lipinski definition) is 4. The summed E-state index contributed by atoms with van der Waals surface area (Å²) in [7, 11) is 0. The largest absolute Gasteiger partial charge is 0.489 e. The molecule has 5 aromatic rings. The van der Waals surface area contributed by atoms with Crippen molar-refractivity contribution in [1.82, 2.24) is 19.7 Å². The molecule has 2 aliphatic rings. The van der Waals surface area contributed by atoms with Gasteiger partial charge in [0.1, 0.15) is 18.1 Å². The van der Waals surface area contributed by atoms with Gasteiger partial charge in [0.25, 0.3) is 5.91 Å². The van der Waals surface area contributed by atoms with Crippen LogP contribution in [-0.4, -0.2) is 65.4 Å². The molecule has 2 aliphatic heterocycles. The fourth-order valence-corrected chi connectivity index (χ4v) is 7.51. The molecule has 2 saturated heterocycles. The van der Waals surface area contributed by atoms with Gasteiger partial charge in [-0.1, -0.05) is 91.0 Å². The van der Waals surface area contributed by atoms with Crippen molar-refractivity contribution in [3.05, 3.63) is 137 Å². The zero-order chi connectivity index (χ0) is 33.4. The zero-order valence-electron chi connectivity index (χ0n) is 28.2. The summed E-state index contributed by atoms with van der Waals surface area (Å²) < 4.78 is 8.42. The highest BCUT2D eigenvalue weighted by atomic mass is 16.5. The van der Waals surface area contributed by atoms with Gasteiger partial charge in [-0.3, -0.25) is 9.59 Å². The molecule has 7 nitrogen and oxygen atoms in total. The first-order valence-electron chi connectivity index (χ1n) is 17.9. The standard InChI is InChI=1S/C42H46N4O3/c47-38-19-11-27-45(38)28-12-24-43-42(48)41-40(36-17-7-8-18-37(36)46(41)30-29-44-25-9-10-26-44)39(33-15-5-2-6-16-33)34-20-22-35(23-21-34)49-31-32-13-3-1-4-14-32/h1-8,13-18,20-23,39H,9-12,19,24-31H2,(H,43,48). The maximum absolute atomic E-state index is 14.5. The lowest BCUT2D eigenvalue weighted by Crippen LogP contribution is -2.33. The van der Waals surface area contributed by atoms with Crippen LogP contribution in [0.25, 0.3) is 10.9 Å². The van der Waals surface area contributed by atoms with Crippen molar-refractivity contribution in [2.45, 2.75) is 51.2 Å². The van der Waals surface area contributed by atoms with Crippen LogP contribution in [0.1, 0.15) is 70.8 Å². The second-order valence-electron chi connectivity index (χ2n) is 13.3. The smallest absolute Gasteiger partial charge is 0.268 e. The molecule has 1 aromatic heterocycles. The number of para-hydroxylation sites is 1. The van der Waals surface area contributed by atoms with Crippen molar-refractivity contribution in [2.75, 3.05) is 39.3 Å². The molecular weight excluding hydrogens is 608 g/mol. The van der Waals surface area contributed by atoms with E-state index in [4.69, 9.17) is 4.74 Å². The number of nitrogens with one attached hydrogen (secondary N) is 1. The number of carbonyl (C=O) groups is 2. The molecule has 7 rings (SSSR count). The quantitative estimate of drug-likeness (QED) is 0.128. The third-order valence-corrected chi connectivity index (χ3v) is 10.0. The van der Waals surface area contributed by atoms with Gasteiger partial charge in [-0.25, -0.2) is 0 Å². The summed E-state index contributed by atoms with van der Waals surface area (Å²) in [5.41, 5.74) is 6.17. The molecule has 0 saturated carbocycles. The summed E-state index contributed by atoms with van der Waals surface area (Å²) in [5.74, 6) is 0.786. The maximum Gasteiger partial charge on any atom is 0.268 e. The van der Waals surface area contributed by atoms with Gasteiger partial charge in [0.2, 0.25) is 5.91 Å². The SMILES string of the molecule is O=C(NCCCN1CCCC1=O)c1c(C(c2ccccc2)c2ccc(OCc3ccccc3)cc2)c2ccccc2n1CCN1CCCC1. The highest BCUT2D eigenvalue weighted by molar-refractivity contribution is 6.03. The molecule has 1 atom stereocenters. The summed E-state index contributed by atoms with van der Waals surface area (Å²) in [6, 6.07) is 37.5. The van der Waals surface area contributed by atoms with Crippen LogP contribution in [0.15, 0.2) is 109 Å². The van der Waals surface area contributed by atoms with Crippen molar-refractivity contribution in [3.8, 4) is 5.75 Å². The Bertz CT molecular complexity index is 1850. The maximum atomic E-state index is 14.5. The van der Waals surface area contributed by atoms with Gasteiger partial charge in [0.05, 0.1) is 0 Å². The molecule has 2 fully saturated rings. The van der Waals surface area contributed by atoms with Crippen LogP contribution in [0.4, 0.5) is 0 Å². The number of benzene rings is 4. The molecule has 7 heteroatoms. The van der Waals surface area contributed by atoms with E-state index in [2.05, 4.69) is 87.6 Å². The Balaban J connectivity index is 1.25. The number of carbonyl (C=O) groups excluding carboxylic acids is 2. The zero-order valence-corrected chi connectivity index (χ0v) is 28.2. The van der Waals surface area contributed by atoms with Crippen molar-refractivity contribution >= 4 is 22.7 Å². The summed E-state index contributed by atoms with van der Waals surface area (Å²) in [6.07, 6.45) is 4.74. The summed E-state index contributed by atoms with van der Waals surface area (Å²) in [4.78, 5) is 31.1. The highest BCUT2D eigenvalue weighted by Crippen LogP contribution is 2.41. The molecular formula is C42H46N4O3. The molecule has 49 heavy (non-hydrogen) atoms. The molecule has 1 N–H and O–H groups in total. The number of nitrogens with zero attached hydrogens (tertiary/aromatic N) is 3. The molecule has 0 aliphatic carbocycles. The van der Waals surface area contributed by atoms with E-state index in [1.54, 1.807) is 0 Å². The number of aromatic nitrogens is 1. The van der Waals surface area contributed by atoms with Crippen molar-refractivity contribution in [3.63, 3.8) is 0 Å². The van der Waals surface area contributed by atoms with Crippen molar-refractivity contribution in [1.29, 1.82) is 0 Å². The average Bonchev–Trinajstić information content (AvgIpc) is 3.90. The summed E-state index contributed by atoms with van der Waals surface area (Å²) >= 11 is 0. The lowest BCUT2D eigenvalue weighted by molar-refractivity contribution is -0.127. The van der Waals surface area contributed by atoms with E-state index in [1.165, 1.54) is 12.8 Å². The molecule has 3 heterocycles. The lowest BCUT2D eigenvalue weighted by Gasteiger charge is -2.22. The fourth-order valence-electron chi connectivity index (χ4n) is 7.51. The Kier molecular flexibility index (Phi) is 10.4. The summed E-state index contributed by atoms with van der Waals surface area (Å²) in [5, 5.41) is 4.37. The minimum Gasteiger partial charge on any atom is -0.489 e. The number of likely N-dealkylation sites (tertiary alicyclic amines) is 2. The third-order valence-electron chi connectivity index (χ3n) is 10.0. The topological polar surface area (TPSA) is 66.8 Å². The van der Waals surface area contributed by atoms with Gasteiger partial charge < -0.3 is 24.4 Å². The van der Waals surface area contributed by atoms with E-state index in [0.29, 0.717) is 26.1 Å². The Morgan fingerprint density at radius 2 is 1.43 bits per heavy atom. The first kappa shape index (κ1) is 32.7. The van der Waals surface area contributed by atoms with Crippen LogP contribution < -0.4 is 10.1 Å². The normalized spacial score (nSPS) is 15.6. The minimum atomic E-state index is -0.176. The Morgan fingerprint density at radius 1 is 0.735 bits per heavy atom. The van der Waals surface area contributed by atoms with Gasteiger partial charge in [0, 0.05) is 61.5 Å². The average molecular weight is 655 g/mol. The van der Waals surface area contributed by atoms with Gasteiger partial charge in [-0.15, -0.1) is 0 Å². The molecule has 252 valence electrons. The van der Waals surface area contributed by atoms with E-state index in [-0.39, 0.29) is 17.7 Å². The lowest BCUT2D eigenvalue weighted by atomic mass is 9.83. The molecule has 0 radical (unpaired) electrons. The highest BCUT2D eigenvalue weighted by Gasteiger charge is 2.30. The number of ether oxygens (including phenoxy) is 1. The van der Waals surface area contributed by atoms with E-state index < -0.39 is 0 Å². The molecule has 4 aromatic carbocycles. The Morgan fingerprint density at radius 3 is 2.16 bits per heavy atom. The van der Waals surface area contributed by atoms with Gasteiger partial charge in [-0.05, 0) is 73.7 Å². The van der Waals surface area contributed by atoms with Gasteiger partial charge >= 0.3 is 0 Å². The number of fused-ring (bicyclic) bond motifs is 1. The monoisotopic (exact) mass is 654 g/mol. The van der Waals surface area contributed by atoms with E-state index in [9.17, 15) is 9.59 Å². The van der Waals surface area contributed by atoms with Crippen LogP contribution in [0, 0.1) is 0 Å². The van der Waals surface area contributed by atoms with E-state index in [0.717, 1.165) is 90.2 Å². The Hall–Kier alpha value is -4.88. The predicted molar refractivity (Wildman–Crippen MR) is 195 cm³/mol. The molecule has 0 bridgehead atoms. The second-order valence-corrected chi connectivity index (χ2v) is 13.3. The van der Waals surface area contributed by atoms with Crippen LogP contribution in [0.5, 0.6) is 5.75 Å². The Labute approximate surface area is 289 Å². The van der Waals surface area contributed by atoms with Crippen LogP contribution in [0.3, 0.4) is 0 Å². The first-order valence-corrected chi connectivity index (χ1v) is 17.9. The third kappa shape index (κ3) is 7.57. The molecule has 2 amide bonds. The van der Waals surface area contributed by atoms with Gasteiger partial charge in [0.15, 0.2) is 0 Å². The number of amides is 2.